The van der Waals surface area contributed by atoms with Gasteiger partial charge in [-0.3, -0.25) is 9.11 Å². The summed E-state index contributed by atoms with van der Waals surface area (Å²) in [5.74, 6) is 0. The number of rotatable bonds is 6. The van der Waals surface area contributed by atoms with Gasteiger partial charge in [-0.25, -0.2) is 0 Å². The van der Waals surface area contributed by atoms with Gasteiger partial charge in [-0.1, -0.05) is 0 Å². The molecular weight excluding hydrogens is 540 g/mol. The molecule has 18 nitrogen and oxygen atoms in total. The van der Waals surface area contributed by atoms with E-state index < -0.39 is 108 Å². The monoisotopic (exact) mass is 580 g/mol. The topological polar surface area (TPSA) is 337 Å². The van der Waals surface area contributed by atoms with Gasteiger partial charge >= 0.3 is 10.4 Å². The summed E-state index contributed by atoms with van der Waals surface area (Å²) in [4.78, 5) is 0. The third kappa shape index (κ3) is 8.17. The minimum absolute atomic E-state index is 0.137. The van der Waals surface area contributed by atoms with Gasteiger partial charge in [0.1, 0.15) is 48.8 Å². The number of aliphatic hydroxyl groups is 6. The molecule has 38 heavy (non-hydrogen) atoms. The van der Waals surface area contributed by atoms with Crippen LogP contribution in [0.3, 0.4) is 0 Å². The number of nitrogens with two attached hydrogens (primary N) is 4. The predicted octanol–water partition coefficient (Wildman–Crippen LogP) is -6.53. The van der Waals surface area contributed by atoms with E-state index >= 15 is 0 Å². The van der Waals surface area contributed by atoms with Gasteiger partial charge in [-0.2, -0.15) is 8.42 Å². The van der Waals surface area contributed by atoms with E-state index in [1.807, 2.05) is 0 Å². The Balaban J connectivity index is 0.000000926. The normalized spacial score (nSPS) is 47.6. The van der Waals surface area contributed by atoms with E-state index in [9.17, 15) is 30.6 Å². The molecule has 0 spiro atoms. The molecule has 0 aromatic heterocycles. The van der Waals surface area contributed by atoms with Crippen molar-refractivity contribution in [2.45, 2.75) is 118 Å². The Morgan fingerprint density at radius 1 is 0.763 bits per heavy atom. The van der Waals surface area contributed by atoms with Gasteiger partial charge in [0.05, 0.1) is 18.2 Å². The predicted molar refractivity (Wildman–Crippen MR) is 125 cm³/mol. The lowest BCUT2D eigenvalue weighted by Gasteiger charge is -2.47. The number of ether oxygens (including phenoxy) is 4. The van der Waals surface area contributed by atoms with Crippen molar-refractivity contribution in [1.29, 1.82) is 0 Å². The van der Waals surface area contributed by atoms with Crippen LogP contribution in [-0.4, -0.2) is 146 Å². The average Bonchev–Trinajstić information content (AvgIpc) is 3.07. The molecule has 0 amide bonds. The highest BCUT2D eigenvalue weighted by Crippen LogP contribution is 2.32. The fraction of sp³-hybridized carbons (Fsp3) is 1.00. The van der Waals surface area contributed by atoms with Crippen LogP contribution >= 0.6 is 0 Å². The van der Waals surface area contributed by atoms with E-state index in [-0.39, 0.29) is 6.42 Å². The molecule has 0 radical (unpaired) electrons. The Labute approximate surface area is 219 Å². The molecule has 2 aliphatic heterocycles. The Kier molecular flexibility index (Phi) is 11.7. The zero-order valence-electron chi connectivity index (χ0n) is 20.7. The Bertz CT molecular complexity index is 847. The molecule has 3 fully saturated rings. The summed E-state index contributed by atoms with van der Waals surface area (Å²) in [5.41, 5.74) is 24.0. The lowest BCUT2D eigenvalue weighted by Crippen LogP contribution is -2.68. The van der Waals surface area contributed by atoms with E-state index in [2.05, 4.69) is 0 Å². The molecule has 16 N–H and O–H groups in total. The Morgan fingerprint density at radius 2 is 1.24 bits per heavy atom. The van der Waals surface area contributed by atoms with Crippen LogP contribution in [0.25, 0.3) is 0 Å². The molecule has 19 heteroatoms. The molecule has 3 aliphatic rings. The first-order chi connectivity index (χ1) is 17.3. The first-order valence-corrected chi connectivity index (χ1v) is 13.2. The molecule has 3 rings (SSSR count). The van der Waals surface area contributed by atoms with Crippen LogP contribution in [0.5, 0.6) is 0 Å². The standard InChI is InChI=1S/C19H38N4O10.H2O4S/c1-4(20)14-12(28)13(29)19(30-14)33-17-9(25)6(21)3-7(22)16(17)32-18-8(23)10(26)11(27)15(31-18)5(2)24;1-5(2,3)4/h4-19,24-29H,3,20-23H2,1-2H3;(H2,1,2,3,4). The van der Waals surface area contributed by atoms with Crippen LogP contribution < -0.4 is 22.9 Å². The first-order valence-electron chi connectivity index (χ1n) is 11.8. The largest absolute Gasteiger partial charge is 0.394 e. The van der Waals surface area contributed by atoms with Crippen molar-refractivity contribution in [2.24, 2.45) is 22.9 Å². The van der Waals surface area contributed by atoms with Crippen LogP contribution in [0.2, 0.25) is 0 Å². The van der Waals surface area contributed by atoms with Gasteiger partial charge in [0.2, 0.25) is 0 Å². The molecule has 0 bridgehead atoms. The maximum Gasteiger partial charge on any atom is 0.394 e. The van der Waals surface area contributed by atoms with E-state index in [1.54, 1.807) is 6.92 Å². The highest BCUT2D eigenvalue weighted by atomic mass is 32.3. The highest BCUT2D eigenvalue weighted by Gasteiger charge is 2.53. The van der Waals surface area contributed by atoms with Gasteiger partial charge in [-0.15, -0.1) is 0 Å². The lowest BCUT2D eigenvalue weighted by molar-refractivity contribution is -0.315. The van der Waals surface area contributed by atoms with Crippen molar-refractivity contribution >= 4 is 10.4 Å². The van der Waals surface area contributed by atoms with Crippen LogP contribution in [0.4, 0.5) is 0 Å². The molecule has 2 heterocycles. The smallest absolute Gasteiger partial charge is 0.391 e. The summed E-state index contributed by atoms with van der Waals surface area (Å²) in [6, 6.07) is -3.41. The third-order valence-corrected chi connectivity index (χ3v) is 6.58. The van der Waals surface area contributed by atoms with Gasteiger partial charge in [-0.05, 0) is 20.3 Å². The molecule has 16 unspecified atom stereocenters. The van der Waals surface area contributed by atoms with E-state index in [0.717, 1.165) is 0 Å². The summed E-state index contributed by atoms with van der Waals surface area (Å²) < 4.78 is 54.4. The fourth-order valence-electron chi connectivity index (χ4n) is 4.57. The summed E-state index contributed by atoms with van der Waals surface area (Å²) in [6.45, 7) is 2.96. The third-order valence-electron chi connectivity index (χ3n) is 6.58. The van der Waals surface area contributed by atoms with Crippen LogP contribution in [0, 0.1) is 0 Å². The zero-order chi connectivity index (χ0) is 29.3. The van der Waals surface area contributed by atoms with Crippen molar-refractivity contribution in [3.63, 3.8) is 0 Å². The van der Waals surface area contributed by atoms with Crippen molar-refractivity contribution in [3.05, 3.63) is 0 Å². The highest BCUT2D eigenvalue weighted by molar-refractivity contribution is 7.79. The molecular formula is C19H40N4O14S. The van der Waals surface area contributed by atoms with Gasteiger partial charge in [0.15, 0.2) is 12.6 Å². The maximum absolute atomic E-state index is 10.7. The average molecular weight is 581 g/mol. The minimum Gasteiger partial charge on any atom is -0.391 e. The van der Waals surface area contributed by atoms with Gasteiger partial charge in [0, 0.05) is 18.1 Å². The number of aliphatic hydroxyl groups excluding tert-OH is 6. The van der Waals surface area contributed by atoms with Crippen molar-refractivity contribution in [2.75, 3.05) is 0 Å². The van der Waals surface area contributed by atoms with Crippen LogP contribution in [-0.2, 0) is 29.3 Å². The zero-order valence-corrected chi connectivity index (χ0v) is 21.5. The summed E-state index contributed by atoms with van der Waals surface area (Å²) in [6.07, 6.45) is -15.2. The Morgan fingerprint density at radius 3 is 1.71 bits per heavy atom. The van der Waals surface area contributed by atoms with Crippen LogP contribution in [0.1, 0.15) is 20.3 Å². The molecule has 0 aromatic rings. The number of hydrogen-bond acceptors (Lipinski definition) is 16. The van der Waals surface area contributed by atoms with Crippen molar-refractivity contribution in [3.8, 4) is 0 Å². The van der Waals surface area contributed by atoms with Gasteiger partial charge < -0.3 is 72.5 Å². The second kappa shape index (κ2) is 13.3. The van der Waals surface area contributed by atoms with Crippen LogP contribution in [0.15, 0.2) is 0 Å². The SMILES string of the molecule is CC(N)C1OC(OC2C(O)C(N)CC(N)C2OC2OC(C(C)O)C(O)C(O)C2N)C(O)C1O.O=S(=O)(O)O. The second-order valence-corrected chi connectivity index (χ2v) is 10.7. The fourth-order valence-corrected chi connectivity index (χ4v) is 4.57. The Hall–Kier alpha value is -0.690. The maximum atomic E-state index is 10.7. The molecule has 2 saturated heterocycles. The molecule has 16 atom stereocenters. The second-order valence-electron chi connectivity index (χ2n) is 9.78. The van der Waals surface area contributed by atoms with Gasteiger partial charge in [0.25, 0.3) is 0 Å². The molecule has 226 valence electrons. The molecule has 0 aromatic carbocycles. The minimum atomic E-state index is -4.67. The molecule has 1 aliphatic carbocycles. The summed E-state index contributed by atoms with van der Waals surface area (Å²) in [5, 5.41) is 61.6. The van der Waals surface area contributed by atoms with Crippen molar-refractivity contribution < 1.29 is 67.1 Å². The van der Waals surface area contributed by atoms with E-state index in [4.69, 9.17) is 59.4 Å². The summed E-state index contributed by atoms with van der Waals surface area (Å²) in [7, 11) is -4.67. The quantitative estimate of drug-likeness (QED) is 0.130. The first kappa shape index (κ1) is 33.5. The lowest BCUT2D eigenvalue weighted by atomic mass is 9.84. The van der Waals surface area contributed by atoms with Crippen molar-refractivity contribution in [1.82, 2.24) is 0 Å². The van der Waals surface area contributed by atoms with E-state index in [0.29, 0.717) is 0 Å². The number of hydrogen-bond donors (Lipinski definition) is 12. The molecule has 1 saturated carbocycles. The van der Waals surface area contributed by atoms with E-state index in [1.165, 1.54) is 6.92 Å². The summed E-state index contributed by atoms with van der Waals surface area (Å²) >= 11 is 0.